The number of hydrogen-bond donors (Lipinski definition) is 4. The predicted molar refractivity (Wildman–Crippen MR) is 64.9 cm³/mol. The molecule has 2 aromatic heterocycles. The minimum Gasteiger partial charge on any atom is -0.396 e. The van der Waals surface area contributed by atoms with E-state index in [1.807, 2.05) is 0 Å². The molecule has 2 aliphatic rings. The second-order valence-corrected chi connectivity index (χ2v) is 5.15. The van der Waals surface area contributed by atoms with Crippen LogP contribution in [0.5, 0.6) is 0 Å². The summed E-state index contributed by atoms with van der Waals surface area (Å²) in [4.78, 5) is 12.0. The van der Waals surface area contributed by atoms with Gasteiger partial charge in [0.15, 0.2) is 23.5 Å². The van der Waals surface area contributed by atoms with Crippen LogP contribution in [0.25, 0.3) is 11.2 Å². The number of ether oxygens (including phenoxy) is 1. The molecule has 0 bridgehead atoms. The first-order chi connectivity index (χ1) is 9.58. The monoisotopic (exact) mass is 279 g/mol. The number of aliphatic hydroxyl groups is 3. The Kier molecular flexibility index (Phi) is 2.18. The van der Waals surface area contributed by atoms with E-state index in [1.165, 1.54) is 17.2 Å². The van der Waals surface area contributed by atoms with E-state index < -0.39 is 30.0 Å². The molecule has 1 aliphatic heterocycles. The minimum atomic E-state index is -1.48. The van der Waals surface area contributed by atoms with Gasteiger partial charge in [-0.15, -0.1) is 0 Å². The van der Waals surface area contributed by atoms with E-state index in [1.54, 1.807) is 0 Å². The quantitative estimate of drug-likeness (QED) is 0.506. The van der Waals surface area contributed by atoms with Crippen LogP contribution >= 0.6 is 0 Å². The molecule has 2 aromatic rings. The summed E-state index contributed by atoms with van der Waals surface area (Å²) in [5.41, 5.74) is 6.53. The van der Waals surface area contributed by atoms with Gasteiger partial charge in [-0.3, -0.25) is 4.57 Å². The lowest BCUT2D eigenvalue weighted by atomic mass is 10.2. The van der Waals surface area contributed by atoms with Crippen molar-refractivity contribution in [2.45, 2.75) is 18.1 Å². The van der Waals surface area contributed by atoms with Crippen LogP contribution in [0.2, 0.25) is 0 Å². The number of nitrogen functional groups attached to an aromatic ring is 1. The van der Waals surface area contributed by atoms with Crippen LogP contribution in [0, 0.1) is 11.8 Å². The van der Waals surface area contributed by atoms with Crippen LogP contribution in [0.3, 0.4) is 0 Å². The van der Waals surface area contributed by atoms with E-state index in [0.29, 0.717) is 11.2 Å². The number of nitrogens with two attached hydrogens (primary N) is 1. The summed E-state index contributed by atoms with van der Waals surface area (Å²) in [6.07, 6.45) is 0.965. The average molecular weight is 279 g/mol. The summed E-state index contributed by atoms with van der Waals surface area (Å²) in [6, 6.07) is 0. The lowest BCUT2D eigenvalue weighted by Gasteiger charge is -2.21. The fraction of sp³-hybridized carbons (Fsp3) is 0.545. The Balaban J connectivity index is 1.74. The van der Waals surface area contributed by atoms with Crippen LogP contribution in [-0.4, -0.2) is 53.3 Å². The molecular weight excluding hydrogens is 266 g/mol. The largest absolute Gasteiger partial charge is 0.396 e. The van der Waals surface area contributed by atoms with Crippen LogP contribution in [0.1, 0.15) is 6.23 Å². The predicted octanol–water partition coefficient (Wildman–Crippen LogP) is -1.77. The fourth-order valence-corrected chi connectivity index (χ4v) is 3.06. The van der Waals surface area contributed by atoms with E-state index in [9.17, 15) is 10.2 Å². The molecule has 1 saturated carbocycles. The number of nitrogens with zero attached hydrogens (tertiary/aromatic N) is 4. The van der Waals surface area contributed by atoms with E-state index in [2.05, 4.69) is 15.0 Å². The van der Waals surface area contributed by atoms with Crippen molar-refractivity contribution < 1.29 is 20.1 Å². The van der Waals surface area contributed by atoms with E-state index in [0.717, 1.165) is 0 Å². The van der Waals surface area contributed by atoms with Gasteiger partial charge >= 0.3 is 0 Å². The first-order valence-electron chi connectivity index (χ1n) is 6.20. The van der Waals surface area contributed by atoms with Gasteiger partial charge in [0, 0.05) is 5.92 Å². The van der Waals surface area contributed by atoms with Crippen molar-refractivity contribution in [3.05, 3.63) is 12.7 Å². The third-order valence-electron chi connectivity index (χ3n) is 4.16. The van der Waals surface area contributed by atoms with Crippen molar-refractivity contribution in [1.29, 1.82) is 0 Å². The van der Waals surface area contributed by atoms with Gasteiger partial charge in [-0.2, -0.15) is 0 Å². The highest BCUT2D eigenvalue weighted by Crippen LogP contribution is 2.62. The summed E-state index contributed by atoms with van der Waals surface area (Å²) < 4.78 is 7.01. The van der Waals surface area contributed by atoms with Crippen molar-refractivity contribution >= 4 is 17.0 Å². The number of aliphatic hydroxyl groups excluding tert-OH is 2. The number of fused-ring (bicyclic) bond motifs is 2. The third-order valence-corrected chi connectivity index (χ3v) is 4.16. The maximum absolute atomic E-state index is 10.2. The maximum Gasteiger partial charge on any atom is 0.179 e. The molecule has 2 fully saturated rings. The lowest BCUT2D eigenvalue weighted by Crippen LogP contribution is -2.27. The smallest absolute Gasteiger partial charge is 0.179 e. The van der Waals surface area contributed by atoms with Crippen molar-refractivity contribution in [2.75, 3.05) is 12.3 Å². The van der Waals surface area contributed by atoms with E-state index in [4.69, 9.17) is 15.6 Å². The summed E-state index contributed by atoms with van der Waals surface area (Å²) in [6.45, 7) is -0.231. The molecule has 0 spiro atoms. The van der Waals surface area contributed by atoms with E-state index >= 15 is 0 Å². The maximum atomic E-state index is 10.2. The molecule has 3 heterocycles. The molecule has 0 aromatic carbocycles. The lowest BCUT2D eigenvalue weighted by molar-refractivity contribution is -0.181. The molecule has 1 saturated heterocycles. The second kappa shape index (κ2) is 3.64. The van der Waals surface area contributed by atoms with Crippen molar-refractivity contribution in [1.82, 2.24) is 19.5 Å². The first-order valence-corrected chi connectivity index (χ1v) is 6.20. The zero-order valence-electron chi connectivity index (χ0n) is 10.3. The summed E-state index contributed by atoms with van der Waals surface area (Å²) in [7, 11) is 0. The van der Waals surface area contributed by atoms with Crippen LogP contribution in [-0.2, 0) is 4.74 Å². The number of anilines is 1. The van der Waals surface area contributed by atoms with Gasteiger partial charge in [0.25, 0.3) is 0 Å². The summed E-state index contributed by atoms with van der Waals surface area (Å²) >= 11 is 0. The fourth-order valence-electron chi connectivity index (χ4n) is 3.06. The molecule has 9 nitrogen and oxygen atoms in total. The molecule has 9 heteroatoms. The Labute approximate surface area is 112 Å². The molecule has 5 atom stereocenters. The second-order valence-electron chi connectivity index (χ2n) is 5.15. The number of imidazole rings is 1. The van der Waals surface area contributed by atoms with Gasteiger partial charge in [-0.1, -0.05) is 0 Å². The zero-order chi connectivity index (χ0) is 14.1. The number of rotatable bonds is 2. The molecule has 1 aliphatic carbocycles. The Hall–Kier alpha value is -1.81. The molecule has 5 N–H and O–H groups in total. The first kappa shape index (κ1) is 12.0. The van der Waals surface area contributed by atoms with Gasteiger partial charge in [0.1, 0.15) is 17.9 Å². The Morgan fingerprint density at radius 1 is 1.40 bits per heavy atom. The normalized spacial score (nSPS) is 39.1. The van der Waals surface area contributed by atoms with Crippen molar-refractivity contribution in [2.24, 2.45) is 11.8 Å². The highest BCUT2D eigenvalue weighted by molar-refractivity contribution is 5.81. The highest BCUT2D eigenvalue weighted by atomic mass is 16.7. The van der Waals surface area contributed by atoms with Gasteiger partial charge < -0.3 is 25.8 Å². The van der Waals surface area contributed by atoms with Gasteiger partial charge in [-0.25, -0.2) is 15.0 Å². The summed E-state index contributed by atoms with van der Waals surface area (Å²) in [5.74, 6) is -2.20. The Morgan fingerprint density at radius 2 is 2.20 bits per heavy atom. The molecule has 4 rings (SSSR count). The van der Waals surface area contributed by atoms with E-state index in [-0.39, 0.29) is 12.4 Å². The molecule has 0 radical (unpaired) electrons. The zero-order valence-corrected chi connectivity index (χ0v) is 10.3. The van der Waals surface area contributed by atoms with Crippen LogP contribution in [0.4, 0.5) is 5.82 Å². The molecule has 20 heavy (non-hydrogen) atoms. The highest BCUT2D eigenvalue weighted by Gasteiger charge is 2.75. The van der Waals surface area contributed by atoms with Gasteiger partial charge in [0.05, 0.1) is 18.9 Å². The molecule has 4 unspecified atom stereocenters. The SMILES string of the molecule is Nc1ncnc2c1ncn2[C@@H]1OC2(O)C(CO)C2C1O. The van der Waals surface area contributed by atoms with Gasteiger partial charge in [0.2, 0.25) is 0 Å². The van der Waals surface area contributed by atoms with Crippen molar-refractivity contribution in [3.8, 4) is 0 Å². The number of hydrogen-bond acceptors (Lipinski definition) is 8. The standard InChI is InChI=1S/C11H13N5O4/c12-8-6-9(14-2-13-8)16(3-15-6)10-7(18)5-4(1-17)11(5,19)20-10/h2-5,7,10,17-19H,1H2,(H2,12,13,14)/t4?,5?,7?,10-,11?/m1/s1. The van der Waals surface area contributed by atoms with Gasteiger partial charge in [-0.05, 0) is 0 Å². The minimum absolute atomic E-state index is 0.231. The van der Waals surface area contributed by atoms with Crippen molar-refractivity contribution in [3.63, 3.8) is 0 Å². The molecule has 0 amide bonds. The van der Waals surface area contributed by atoms with Crippen LogP contribution < -0.4 is 5.73 Å². The average Bonchev–Trinajstić information content (AvgIpc) is 2.71. The molecule has 106 valence electrons. The topological polar surface area (TPSA) is 140 Å². The number of aromatic nitrogens is 4. The Morgan fingerprint density at radius 3 is 2.85 bits per heavy atom. The molecular formula is C11H13N5O4. The third kappa shape index (κ3) is 1.27. The summed E-state index contributed by atoms with van der Waals surface area (Å²) in [5, 5.41) is 29.5. The Bertz CT molecular complexity index is 691. The van der Waals surface area contributed by atoms with Crippen LogP contribution in [0.15, 0.2) is 12.7 Å².